The van der Waals surface area contributed by atoms with Crippen molar-refractivity contribution in [2.75, 3.05) is 17.6 Å². The molecule has 8 N–H and O–H groups in total. The molecule has 0 saturated carbocycles. The molecule has 0 fully saturated rings. The molecule has 0 bridgehead atoms. The third kappa shape index (κ3) is 7.26. The molecule has 1 atom stereocenters. The Morgan fingerprint density at radius 1 is 1.18 bits per heavy atom. The Kier molecular flexibility index (Phi) is 7.97. The standard InChI is InChI=1S/C19H30N6O3/c1-11(26)14(6-5-9-23-18(21)22)24-16(27)12-7-8-13(20)15(10-12)25-17(28)19(2,3)4/h7-8,10,14H,5-6,9,20H2,1-4H3,(H,24,27)(H,25,28)(H4,21,22,23). The van der Waals surface area contributed by atoms with Gasteiger partial charge in [0.25, 0.3) is 5.91 Å². The maximum absolute atomic E-state index is 12.6. The molecule has 9 heteroatoms. The first-order valence-corrected chi connectivity index (χ1v) is 8.99. The number of Topliss-reactive ketones (excluding diaryl/α,β-unsaturated/α-hetero) is 1. The van der Waals surface area contributed by atoms with Crippen molar-refractivity contribution in [1.82, 2.24) is 5.32 Å². The maximum atomic E-state index is 12.6. The minimum Gasteiger partial charge on any atom is -0.397 e. The van der Waals surface area contributed by atoms with Gasteiger partial charge in [-0.3, -0.25) is 19.4 Å². The van der Waals surface area contributed by atoms with E-state index in [0.29, 0.717) is 30.8 Å². The molecule has 0 radical (unpaired) electrons. The van der Waals surface area contributed by atoms with E-state index in [-0.39, 0.29) is 23.2 Å². The molecule has 0 heterocycles. The third-order valence-corrected chi connectivity index (χ3v) is 3.99. The number of nitrogens with zero attached hydrogens (tertiary/aromatic N) is 1. The first-order chi connectivity index (χ1) is 12.9. The summed E-state index contributed by atoms with van der Waals surface area (Å²) in [5, 5.41) is 5.42. The number of carbonyl (C=O) groups is 3. The van der Waals surface area contributed by atoms with Gasteiger partial charge >= 0.3 is 0 Å². The van der Waals surface area contributed by atoms with Crippen molar-refractivity contribution < 1.29 is 14.4 Å². The second kappa shape index (κ2) is 9.72. The lowest BCUT2D eigenvalue weighted by molar-refractivity contribution is -0.123. The van der Waals surface area contributed by atoms with Gasteiger partial charge in [0, 0.05) is 17.5 Å². The fourth-order valence-corrected chi connectivity index (χ4v) is 2.24. The number of anilines is 2. The number of rotatable bonds is 8. The zero-order valence-electron chi connectivity index (χ0n) is 16.8. The Labute approximate surface area is 165 Å². The van der Waals surface area contributed by atoms with Crippen molar-refractivity contribution in [3.8, 4) is 0 Å². The first kappa shape index (κ1) is 22.9. The molecule has 1 aromatic carbocycles. The summed E-state index contributed by atoms with van der Waals surface area (Å²) in [5.41, 5.74) is 16.8. The van der Waals surface area contributed by atoms with Gasteiger partial charge in [-0.05, 0) is 38.0 Å². The number of ketones is 1. The van der Waals surface area contributed by atoms with Crippen molar-refractivity contribution in [2.24, 2.45) is 21.9 Å². The van der Waals surface area contributed by atoms with Gasteiger partial charge in [-0.1, -0.05) is 20.8 Å². The quantitative estimate of drug-likeness (QED) is 0.192. The van der Waals surface area contributed by atoms with Crippen LogP contribution in [-0.4, -0.2) is 36.1 Å². The zero-order valence-corrected chi connectivity index (χ0v) is 16.8. The average Bonchev–Trinajstić information content (AvgIpc) is 2.57. The molecule has 1 aromatic rings. The summed E-state index contributed by atoms with van der Waals surface area (Å²) in [4.78, 5) is 40.4. The number of guanidine groups is 1. The molecular weight excluding hydrogens is 360 g/mol. The minimum absolute atomic E-state index is 0.0184. The van der Waals surface area contributed by atoms with Crippen molar-refractivity contribution in [1.29, 1.82) is 0 Å². The third-order valence-electron chi connectivity index (χ3n) is 3.99. The van der Waals surface area contributed by atoms with E-state index in [2.05, 4.69) is 15.6 Å². The van der Waals surface area contributed by atoms with Crippen LogP contribution in [0.15, 0.2) is 23.2 Å². The van der Waals surface area contributed by atoms with Gasteiger partial charge in [0.15, 0.2) is 11.7 Å². The fourth-order valence-electron chi connectivity index (χ4n) is 2.24. The van der Waals surface area contributed by atoms with Gasteiger partial charge in [0.1, 0.15) is 0 Å². The topological polar surface area (TPSA) is 166 Å². The normalized spacial score (nSPS) is 12.0. The second-order valence-electron chi connectivity index (χ2n) is 7.59. The van der Waals surface area contributed by atoms with Crippen LogP contribution >= 0.6 is 0 Å². The predicted molar refractivity (Wildman–Crippen MR) is 111 cm³/mol. The molecule has 0 aliphatic heterocycles. The molecule has 9 nitrogen and oxygen atoms in total. The summed E-state index contributed by atoms with van der Waals surface area (Å²) >= 11 is 0. The number of nitrogens with two attached hydrogens (primary N) is 3. The van der Waals surface area contributed by atoms with Crippen LogP contribution in [0.1, 0.15) is 50.9 Å². The van der Waals surface area contributed by atoms with Crippen molar-refractivity contribution >= 4 is 34.9 Å². The zero-order chi connectivity index (χ0) is 21.5. The molecular formula is C19H30N6O3. The van der Waals surface area contributed by atoms with Crippen LogP contribution in [0.5, 0.6) is 0 Å². The van der Waals surface area contributed by atoms with Crippen molar-refractivity contribution in [3.63, 3.8) is 0 Å². The summed E-state index contributed by atoms with van der Waals surface area (Å²) in [5.74, 6) is -0.851. The van der Waals surface area contributed by atoms with Crippen LogP contribution < -0.4 is 27.8 Å². The lowest BCUT2D eigenvalue weighted by atomic mass is 9.95. The van der Waals surface area contributed by atoms with Gasteiger partial charge < -0.3 is 27.8 Å². The van der Waals surface area contributed by atoms with Crippen LogP contribution in [0.3, 0.4) is 0 Å². The van der Waals surface area contributed by atoms with Crippen LogP contribution in [0.4, 0.5) is 11.4 Å². The highest BCUT2D eigenvalue weighted by Gasteiger charge is 2.23. The van der Waals surface area contributed by atoms with Crippen LogP contribution in [0.25, 0.3) is 0 Å². The molecule has 0 saturated heterocycles. The van der Waals surface area contributed by atoms with E-state index < -0.39 is 17.4 Å². The number of carbonyl (C=O) groups excluding carboxylic acids is 3. The van der Waals surface area contributed by atoms with E-state index in [1.165, 1.54) is 25.1 Å². The van der Waals surface area contributed by atoms with Crippen molar-refractivity contribution in [3.05, 3.63) is 23.8 Å². The number of amides is 2. The Morgan fingerprint density at radius 2 is 1.82 bits per heavy atom. The van der Waals surface area contributed by atoms with Crippen molar-refractivity contribution in [2.45, 2.75) is 46.6 Å². The molecule has 1 unspecified atom stereocenters. The summed E-state index contributed by atoms with van der Waals surface area (Å²) in [6, 6.07) is 3.90. The van der Waals surface area contributed by atoms with E-state index in [1.807, 2.05) is 0 Å². The van der Waals surface area contributed by atoms with Gasteiger partial charge in [-0.25, -0.2) is 0 Å². The smallest absolute Gasteiger partial charge is 0.251 e. The molecule has 1 rings (SSSR count). The lowest BCUT2D eigenvalue weighted by Gasteiger charge is -2.19. The number of hydrogen-bond donors (Lipinski definition) is 5. The summed E-state index contributed by atoms with van der Waals surface area (Å²) in [6.07, 6.45) is 0.942. The Hall–Kier alpha value is -3.10. The molecule has 154 valence electrons. The summed E-state index contributed by atoms with van der Waals surface area (Å²) < 4.78 is 0. The van der Waals surface area contributed by atoms with E-state index >= 15 is 0 Å². The highest BCUT2D eigenvalue weighted by atomic mass is 16.2. The van der Waals surface area contributed by atoms with Gasteiger partial charge in [-0.2, -0.15) is 0 Å². The van der Waals surface area contributed by atoms with Crippen LogP contribution in [0, 0.1) is 5.41 Å². The number of hydrogen-bond acceptors (Lipinski definition) is 5. The Bertz CT molecular complexity index is 763. The van der Waals surface area contributed by atoms with Crippen LogP contribution in [0.2, 0.25) is 0 Å². The van der Waals surface area contributed by atoms with Gasteiger partial charge in [-0.15, -0.1) is 0 Å². The molecule has 28 heavy (non-hydrogen) atoms. The summed E-state index contributed by atoms with van der Waals surface area (Å²) in [6.45, 7) is 7.09. The van der Waals surface area contributed by atoms with Gasteiger partial charge in [0.2, 0.25) is 5.91 Å². The molecule has 2 amide bonds. The number of nitrogens with one attached hydrogen (secondary N) is 2. The molecule has 0 aliphatic rings. The van der Waals surface area contributed by atoms with Gasteiger partial charge in [0.05, 0.1) is 17.4 Å². The number of nitrogen functional groups attached to an aromatic ring is 1. The highest BCUT2D eigenvalue weighted by Crippen LogP contribution is 2.23. The van der Waals surface area contributed by atoms with E-state index in [4.69, 9.17) is 17.2 Å². The number of benzene rings is 1. The lowest BCUT2D eigenvalue weighted by Crippen LogP contribution is -2.40. The average molecular weight is 390 g/mol. The molecule has 0 aliphatic carbocycles. The highest BCUT2D eigenvalue weighted by molar-refractivity contribution is 6.02. The largest absolute Gasteiger partial charge is 0.397 e. The monoisotopic (exact) mass is 390 g/mol. The SMILES string of the molecule is CC(=O)C(CCCN=C(N)N)NC(=O)c1ccc(N)c(NC(=O)C(C)(C)C)c1. The van der Waals surface area contributed by atoms with Crippen LogP contribution in [-0.2, 0) is 9.59 Å². The second-order valence-corrected chi connectivity index (χ2v) is 7.59. The maximum Gasteiger partial charge on any atom is 0.251 e. The van der Waals surface area contributed by atoms with E-state index in [1.54, 1.807) is 20.8 Å². The fraction of sp³-hybridized carbons (Fsp3) is 0.474. The first-order valence-electron chi connectivity index (χ1n) is 8.99. The molecule has 0 aromatic heterocycles. The summed E-state index contributed by atoms with van der Waals surface area (Å²) in [7, 11) is 0. The number of aliphatic imine (C=N–C) groups is 1. The van der Waals surface area contributed by atoms with E-state index in [0.717, 1.165) is 0 Å². The Balaban J connectivity index is 2.86. The van der Waals surface area contributed by atoms with E-state index in [9.17, 15) is 14.4 Å². The molecule has 0 spiro atoms. The Morgan fingerprint density at radius 3 is 2.36 bits per heavy atom. The minimum atomic E-state index is -0.660. The predicted octanol–water partition coefficient (Wildman–Crippen LogP) is 0.994.